The minimum absolute atomic E-state index is 1.00. The average Bonchev–Trinajstić information content (AvgIpc) is 2.77. The molecule has 0 aliphatic rings. The van der Waals surface area contributed by atoms with Gasteiger partial charge >= 0.3 is 0 Å². The van der Waals surface area contributed by atoms with Crippen LogP contribution in [0.15, 0.2) is 55.6 Å². The molecule has 1 aromatic heterocycles. The Hall–Kier alpha value is -2.28. The Labute approximate surface area is 121 Å². The molecule has 0 unspecified atom stereocenters. The summed E-state index contributed by atoms with van der Waals surface area (Å²) in [6, 6.07) is 10.4. The Bertz CT molecular complexity index is 642. The van der Waals surface area contributed by atoms with Crippen molar-refractivity contribution in [2.75, 3.05) is 0 Å². The van der Waals surface area contributed by atoms with Gasteiger partial charge in [0.2, 0.25) is 0 Å². The summed E-state index contributed by atoms with van der Waals surface area (Å²) in [7, 11) is 0. The molecule has 2 aromatic rings. The highest BCUT2D eigenvalue weighted by Crippen LogP contribution is 2.29. The standard InChI is InChI=1S/C19H21N/c1-5-8-14-19-15(4)17(6-2)18(7-3)20(19)16-12-10-9-11-13-16/h5,7-14H,1,3,6H2,2,4H3/b14-8-. The molecule has 0 saturated carbocycles. The SMILES string of the molecule is C=C/C=C\c1c(C)c(CC)c(C=C)n1-c1ccccc1. The fourth-order valence-corrected chi connectivity index (χ4v) is 2.65. The van der Waals surface area contributed by atoms with E-state index in [9.17, 15) is 0 Å². The second-order valence-corrected chi connectivity index (χ2v) is 4.70. The van der Waals surface area contributed by atoms with E-state index in [0.29, 0.717) is 0 Å². The normalized spacial score (nSPS) is 10.9. The predicted octanol–water partition coefficient (Wildman–Crippen LogP) is 5.19. The number of rotatable bonds is 5. The molecule has 0 aliphatic carbocycles. The molecule has 1 aromatic carbocycles. The van der Waals surface area contributed by atoms with Crippen molar-refractivity contribution in [3.63, 3.8) is 0 Å². The van der Waals surface area contributed by atoms with E-state index in [1.54, 1.807) is 6.08 Å². The van der Waals surface area contributed by atoms with E-state index in [2.05, 4.69) is 61.9 Å². The van der Waals surface area contributed by atoms with Gasteiger partial charge in [-0.3, -0.25) is 0 Å². The number of benzene rings is 1. The van der Waals surface area contributed by atoms with E-state index in [0.717, 1.165) is 12.1 Å². The number of aromatic nitrogens is 1. The van der Waals surface area contributed by atoms with Crippen molar-refractivity contribution in [2.45, 2.75) is 20.3 Å². The van der Waals surface area contributed by atoms with Gasteiger partial charge in [-0.2, -0.15) is 0 Å². The summed E-state index contributed by atoms with van der Waals surface area (Å²) in [5.41, 5.74) is 6.20. The Kier molecular flexibility index (Phi) is 4.41. The van der Waals surface area contributed by atoms with Gasteiger partial charge in [0.15, 0.2) is 0 Å². The van der Waals surface area contributed by atoms with Crippen molar-refractivity contribution in [1.82, 2.24) is 4.57 Å². The smallest absolute Gasteiger partial charge is 0.0494 e. The summed E-state index contributed by atoms with van der Waals surface area (Å²) in [5, 5.41) is 0. The molecular weight excluding hydrogens is 242 g/mol. The third kappa shape index (κ3) is 2.39. The van der Waals surface area contributed by atoms with Gasteiger partial charge in [-0.05, 0) is 48.8 Å². The first-order valence-electron chi connectivity index (χ1n) is 6.95. The van der Waals surface area contributed by atoms with Gasteiger partial charge in [0, 0.05) is 17.1 Å². The van der Waals surface area contributed by atoms with Crippen molar-refractivity contribution >= 4 is 12.2 Å². The van der Waals surface area contributed by atoms with Crippen molar-refractivity contribution < 1.29 is 0 Å². The summed E-state index contributed by atoms with van der Waals surface area (Å²) in [6.45, 7) is 12.1. The zero-order valence-corrected chi connectivity index (χ0v) is 12.3. The topological polar surface area (TPSA) is 4.93 Å². The van der Waals surface area contributed by atoms with Gasteiger partial charge in [0.05, 0.1) is 0 Å². The molecule has 0 N–H and O–H groups in total. The molecule has 0 saturated heterocycles. The fraction of sp³-hybridized carbons (Fsp3) is 0.158. The lowest BCUT2D eigenvalue weighted by Crippen LogP contribution is -1.99. The van der Waals surface area contributed by atoms with Crippen molar-refractivity contribution in [3.8, 4) is 5.69 Å². The Balaban J connectivity index is 2.78. The van der Waals surface area contributed by atoms with Crippen LogP contribution >= 0.6 is 0 Å². The average molecular weight is 263 g/mol. The summed E-state index contributed by atoms with van der Waals surface area (Å²) < 4.78 is 2.27. The zero-order chi connectivity index (χ0) is 14.5. The van der Waals surface area contributed by atoms with Crippen LogP contribution in [0.3, 0.4) is 0 Å². The van der Waals surface area contributed by atoms with E-state index in [1.807, 2.05) is 18.2 Å². The fourth-order valence-electron chi connectivity index (χ4n) is 2.65. The minimum Gasteiger partial charge on any atom is -0.310 e. The third-order valence-electron chi connectivity index (χ3n) is 3.58. The maximum absolute atomic E-state index is 4.00. The van der Waals surface area contributed by atoms with Gasteiger partial charge in [0.25, 0.3) is 0 Å². The lowest BCUT2D eigenvalue weighted by Gasteiger charge is -2.10. The summed E-state index contributed by atoms with van der Waals surface area (Å²) in [6.07, 6.45) is 8.85. The van der Waals surface area contributed by atoms with E-state index < -0.39 is 0 Å². The van der Waals surface area contributed by atoms with Crippen LogP contribution in [0.5, 0.6) is 0 Å². The van der Waals surface area contributed by atoms with Gasteiger partial charge in [-0.15, -0.1) is 0 Å². The zero-order valence-electron chi connectivity index (χ0n) is 12.3. The molecule has 102 valence electrons. The van der Waals surface area contributed by atoms with Gasteiger partial charge in [-0.1, -0.05) is 50.4 Å². The highest BCUT2D eigenvalue weighted by molar-refractivity contribution is 5.66. The number of allylic oxidation sites excluding steroid dienone is 2. The van der Waals surface area contributed by atoms with E-state index in [1.165, 1.54) is 22.5 Å². The van der Waals surface area contributed by atoms with E-state index in [-0.39, 0.29) is 0 Å². The quantitative estimate of drug-likeness (QED) is 0.654. The highest BCUT2D eigenvalue weighted by Gasteiger charge is 2.16. The molecule has 0 spiro atoms. The Morgan fingerprint density at radius 3 is 2.35 bits per heavy atom. The van der Waals surface area contributed by atoms with E-state index in [4.69, 9.17) is 0 Å². The molecule has 2 rings (SSSR count). The summed E-state index contributed by atoms with van der Waals surface area (Å²) >= 11 is 0. The molecule has 0 bridgehead atoms. The number of hydrogen-bond acceptors (Lipinski definition) is 0. The lowest BCUT2D eigenvalue weighted by atomic mass is 10.1. The second-order valence-electron chi connectivity index (χ2n) is 4.70. The largest absolute Gasteiger partial charge is 0.310 e. The van der Waals surface area contributed by atoms with Crippen LogP contribution < -0.4 is 0 Å². The first-order valence-corrected chi connectivity index (χ1v) is 6.95. The maximum atomic E-state index is 4.00. The van der Waals surface area contributed by atoms with Crippen LogP contribution in [-0.4, -0.2) is 4.57 Å². The molecule has 0 aliphatic heterocycles. The van der Waals surface area contributed by atoms with E-state index >= 15 is 0 Å². The predicted molar refractivity (Wildman–Crippen MR) is 89.2 cm³/mol. The molecular formula is C19H21N. The van der Waals surface area contributed by atoms with Crippen LogP contribution in [0, 0.1) is 6.92 Å². The molecule has 1 nitrogen and oxygen atoms in total. The van der Waals surface area contributed by atoms with Crippen molar-refractivity contribution in [2.24, 2.45) is 0 Å². The Morgan fingerprint density at radius 2 is 1.80 bits per heavy atom. The van der Waals surface area contributed by atoms with Crippen molar-refractivity contribution in [3.05, 3.63) is 78.2 Å². The highest BCUT2D eigenvalue weighted by atomic mass is 15.0. The molecule has 0 amide bonds. The lowest BCUT2D eigenvalue weighted by molar-refractivity contribution is 1.02. The number of hydrogen-bond donors (Lipinski definition) is 0. The maximum Gasteiger partial charge on any atom is 0.0494 e. The van der Waals surface area contributed by atoms with Crippen LogP contribution in [0.2, 0.25) is 0 Å². The van der Waals surface area contributed by atoms with Crippen LogP contribution in [0.25, 0.3) is 17.8 Å². The van der Waals surface area contributed by atoms with Crippen LogP contribution in [-0.2, 0) is 6.42 Å². The first kappa shape index (κ1) is 14.1. The monoisotopic (exact) mass is 263 g/mol. The van der Waals surface area contributed by atoms with Crippen LogP contribution in [0.1, 0.15) is 29.4 Å². The Morgan fingerprint density at radius 1 is 1.10 bits per heavy atom. The van der Waals surface area contributed by atoms with Crippen LogP contribution in [0.4, 0.5) is 0 Å². The summed E-state index contributed by atoms with van der Waals surface area (Å²) in [4.78, 5) is 0. The molecule has 0 atom stereocenters. The molecule has 0 radical (unpaired) electrons. The molecule has 1 heteroatoms. The van der Waals surface area contributed by atoms with Gasteiger partial charge in [0.1, 0.15) is 0 Å². The van der Waals surface area contributed by atoms with Gasteiger partial charge in [-0.25, -0.2) is 0 Å². The molecule has 0 fully saturated rings. The summed E-state index contributed by atoms with van der Waals surface area (Å²) in [5.74, 6) is 0. The molecule has 20 heavy (non-hydrogen) atoms. The number of nitrogens with zero attached hydrogens (tertiary/aromatic N) is 1. The second kappa shape index (κ2) is 6.25. The molecule has 1 heterocycles. The number of para-hydroxylation sites is 1. The minimum atomic E-state index is 1.00. The van der Waals surface area contributed by atoms with Crippen molar-refractivity contribution in [1.29, 1.82) is 0 Å². The van der Waals surface area contributed by atoms with Gasteiger partial charge < -0.3 is 4.57 Å². The first-order chi connectivity index (χ1) is 9.74. The third-order valence-corrected chi connectivity index (χ3v) is 3.58.